The molecule has 0 amide bonds. The standard InChI is InChI=1S/C11H20O3/c1-8(2)13-11(12)14-10-6-4-5-9(3)7-10/h8-10H,4-7H2,1-3H3/t9-,10?/m1/s1. The Kier molecular flexibility index (Phi) is 4.23. The molecule has 1 saturated carbocycles. The van der Waals surface area contributed by atoms with Crippen LogP contribution in [0.25, 0.3) is 0 Å². The second-order valence-electron chi connectivity index (χ2n) is 4.43. The summed E-state index contributed by atoms with van der Waals surface area (Å²) in [6.45, 7) is 5.85. The number of carbonyl (C=O) groups excluding carboxylic acids is 1. The van der Waals surface area contributed by atoms with E-state index in [0.717, 1.165) is 19.3 Å². The van der Waals surface area contributed by atoms with E-state index in [2.05, 4.69) is 6.92 Å². The first-order chi connectivity index (χ1) is 6.58. The van der Waals surface area contributed by atoms with E-state index in [1.807, 2.05) is 13.8 Å². The topological polar surface area (TPSA) is 35.5 Å². The van der Waals surface area contributed by atoms with Crippen LogP contribution in [0.5, 0.6) is 0 Å². The van der Waals surface area contributed by atoms with Gasteiger partial charge in [0.2, 0.25) is 0 Å². The van der Waals surface area contributed by atoms with Gasteiger partial charge in [-0.15, -0.1) is 0 Å². The van der Waals surface area contributed by atoms with Gasteiger partial charge < -0.3 is 9.47 Å². The third-order valence-electron chi connectivity index (χ3n) is 2.48. The van der Waals surface area contributed by atoms with Crippen molar-refractivity contribution in [1.82, 2.24) is 0 Å². The largest absolute Gasteiger partial charge is 0.508 e. The molecular weight excluding hydrogens is 180 g/mol. The van der Waals surface area contributed by atoms with Crippen LogP contribution in [-0.2, 0) is 9.47 Å². The van der Waals surface area contributed by atoms with Crippen LogP contribution in [0.2, 0.25) is 0 Å². The summed E-state index contributed by atoms with van der Waals surface area (Å²) in [7, 11) is 0. The molecule has 82 valence electrons. The number of hydrogen-bond donors (Lipinski definition) is 0. The SMILES string of the molecule is CC(C)OC(=O)OC1CCC[C@@H](C)C1. The zero-order valence-corrected chi connectivity index (χ0v) is 9.29. The normalized spacial score (nSPS) is 27.4. The van der Waals surface area contributed by atoms with Crippen molar-refractivity contribution in [1.29, 1.82) is 0 Å². The Morgan fingerprint density at radius 1 is 1.36 bits per heavy atom. The lowest BCUT2D eigenvalue weighted by atomic mass is 9.89. The van der Waals surface area contributed by atoms with Crippen molar-refractivity contribution < 1.29 is 14.3 Å². The molecule has 1 fully saturated rings. The van der Waals surface area contributed by atoms with Crippen molar-refractivity contribution in [2.24, 2.45) is 5.92 Å². The first-order valence-corrected chi connectivity index (χ1v) is 5.45. The van der Waals surface area contributed by atoms with Crippen molar-refractivity contribution >= 4 is 6.16 Å². The van der Waals surface area contributed by atoms with Crippen molar-refractivity contribution in [3.63, 3.8) is 0 Å². The van der Waals surface area contributed by atoms with Crippen LogP contribution in [0, 0.1) is 5.92 Å². The number of hydrogen-bond acceptors (Lipinski definition) is 3. The Hall–Kier alpha value is -0.730. The van der Waals surface area contributed by atoms with Crippen LogP contribution in [-0.4, -0.2) is 18.4 Å². The molecule has 1 rings (SSSR count). The zero-order valence-electron chi connectivity index (χ0n) is 9.29. The highest BCUT2D eigenvalue weighted by atomic mass is 16.7. The van der Waals surface area contributed by atoms with Gasteiger partial charge in [0, 0.05) is 0 Å². The minimum Gasteiger partial charge on any atom is -0.432 e. The Labute approximate surface area is 85.8 Å². The molecule has 0 heterocycles. The van der Waals surface area contributed by atoms with Gasteiger partial charge >= 0.3 is 6.16 Å². The minimum absolute atomic E-state index is 0.0741. The van der Waals surface area contributed by atoms with Gasteiger partial charge in [-0.3, -0.25) is 0 Å². The Morgan fingerprint density at radius 2 is 2.07 bits per heavy atom. The summed E-state index contributed by atoms with van der Waals surface area (Å²) in [5, 5.41) is 0. The van der Waals surface area contributed by atoms with E-state index < -0.39 is 6.16 Å². The predicted molar refractivity (Wildman–Crippen MR) is 54.1 cm³/mol. The minimum atomic E-state index is -0.515. The van der Waals surface area contributed by atoms with Crippen LogP contribution in [0.1, 0.15) is 46.5 Å². The average molecular weight is 200 g/mol. The van der Waals surface area contributed by atoms with E-state index in [-0.39, 0.29) is 12.2 Å². The predicted octanol–water partition coefficient (Wildman–Crippen LogP) is 3.13. The van der Waals surface area contributed by atoms with Crippen molar-refractivity contribution in [3.8, 4) is 0 Å². The Morgan fingerprint density at radius 3 is 2.64 bits per heavy atom. The number of carbonyl (C=O) groups is 1. The Balaban J connectivity index is 2.25. The Bertz CT molecular complexity index is 189. The maximum atomic E-state index is 11.2. The summed E-state index contributed by atoms with van der Waals surface area (Å²) in [5.74, 6) is 0.667. The van der Waals surface area contributed by atoms with Gasteiger partial charge in [0.25, 0.3) is 0 Å². The quantitative estimate of drug-likeness (QED) is 0.642. The van der Waals surface area contributed by atoms with Gasteiger partial charge in [0.1, 0.15) is 6.10 Å². The molecule has 0 aromatic rings. The van der Waals surface area contributed by atoms with Gasteiger partial charge in [0.15, 0.2) is 0 Å². The fourth-order valence-electron chi connectivity index (χ4n) is 1.84. The van der Waals surface area contributed by atoms with Crippen LogP contribution in [0.3, 0.4) is 0 Å². The lowest BCUT2D eigenvalue weighted by molar-refractivity contribution is -0.00887. The van der Waals surface area contributed by atoms with Gasteiger partial charge in [-0.1, -0.05) is 13.3 Å². The molecule has 3 heteroatoms. The third-order valence-corrected chi connectivity index (χ3v) is 2.48. The van der Waals surface area contributed by atoms with Gasteiger partial charge in [-0.25, -0.2) is 4.79 Å². The molecule has 1 aliphatic rings. The van der Waals surface area contributed by atoms with Gasteiger partial charge in [-0.2, -0.15) is 0 Å². The maximum Gasteiger partial charge on any atom is 0.508 e. The highest BCUT2D eigenvalue weighted by Gasteiger charge is 2.22. The fourth-order valence-corrected chi connectivity index (χ4v) is 1.84. The van der Waals surface area contributed by atoms with E-state index in [1.165, 1.54) is 6.42 Å². The zero-order chi connectivity index (χ0) is 10.6. The molecule has 1 aliphatic carbocycles. The van der Waals surface area contributed by atoms with Crippen LogP contribution in [0.4, 0.5) is 4.79 Å². The van der Waals surface area contributed by atoms with Crippen molar-refractivity contribution in [3.05, 3.63) is 0 Å². The molecule has 1 unspecified atom stereocenters. The van der Waals surface area contributed by atoms with Gasteiger partial charge in [0.05, 0.1) is 6.10 Å². The van der Waals surface area contributed by atoms with E-state index >= 15 is 0 Å². The highest BCUT2D eigenvalue weighted by molar-refractivity contribution is 5.60. The summed E-state index contributed by atoms with van der Waals surface area (Å²) >= 11 is 0. The van der Waals surface area contributed by atoms with E-state index in [0.29, 0.717) is 5.92 Å². The lowest BCUT2D eigenvalue weighted by Gasteiger charge is -2.26. The molecule has 0 N–H and O–H groups in total. The average Bonchev–Trinajstić information content (AvgIpc) is 2.01. The second kappa shape index (κ2) is 5.23. The van der Waals surface area contributed by atoms with E-state index in [1.54, 1.807) is 0 Å². The molecule has 0 saturated heterocycles. The molecule has 0 spiro atoms. The molecule has 3 nitrogen and oxygen atoms in total. The lowest BCUT2D eigenvalue weighted by Crippen LogP contribution is -2.26. The van der Waals surface area contributed by atoms with E-state index in [4.69, 9.17) is 9.47 Å². The number of ether oxygens (including phenoxy) is 2. The van der Waals surface area contributed by atoms with Crippen LogP contribution >= 0.6 is 0 Å². The molecular formula is C11H20O3. The monoisotopic (exact) mass is 200 g/mol. The third kappa shape index (κ3) is 3.99. The fraction of sp³-hybridized carbons (Fsp3) is 0.909. The maximum absolute atomic E-state index is 11.2. The first-order valence-electron chi connectivity index (χ1n) is 5.45. The molecule has 0 aromatic carbocycles. The summed E-state index contributed by atoms with van der Waals surface area (Å²) < 4.78 is 10.1. The second-order valence-corrected chi connectivity index (χ2v) is 4.43. The summed E-state index contributed by atoms with van der Waals surface area (Å²) in [5.41, 5.74) is 0. The van der Waals surface area contributed by atoms with Crippen LogP contribution in [0.15, 0.2) is 0 Å². The van der Waals surface area contributed by atoms with E-state index in [9.17, 15) is 4.79 Å². The first kappa shape index (κ1) is 11.3. The van der Waals surface area contributed by atoms with Crippen molar-refractivity contribution in [2.75, 3.05) is 0 Å². The molecule has 2 atom stereocenters. The smallest absolute Gasteiger partial charge is 0.432 e. The van der Waals surface area contributed by atoms with Crippen LogP contribution < -0.4 is 0 Å². The molecule has 0 radical (unpaired) electrons. The van der Waals surface area contributed by atoms with Crippen molar-refractivity contribution in [2.45, 2.75) is 58.7 Å². The van der Waals surface area contributed by atoms with Gasteiger partial charge in [-0.05, 0) is 39.0 Å². The highest BCUT2D eigenvalue weighted by Crippen LogP contribution is 2.25. The number of rotatable bonds is 2. The molecule has 14 heavy (non-hydrogen) atoms. The summed E-state index contributed by atoms with van der Waals surface area (Å²) in [6, 6.07) is 0. The summed E-state index contributed by atoms with van der Waals surface area (Å²) in [4.78, 5) is 11.2. The molecule has 0 bridgehead atoms. The summed E-state index contributed by atoms with van der Waals surface area (Å²) in [6.07, 6.45) is 3.83. The molecule has 0 aliphatic heterocycles. The molecule has 0 aromatic heterocycles.